The van der Waals surface area contributed by atoms with Crippen molar-refractivity contribution >= 4 is 34.3 Å². The highest BCUT2D eigenvalue weighted by Gasteiger charge is 2.26. The minimum Gasteiger partial charge on any atom is -0.468 e. The van der Waals surface area contributed by atoms with Gasteiger partial charge in [-0.2, -0.15) is 5.10 Å². The lowest BCUT2D eigenvalue weighted by molar-refractivity contribution is -0.143. The molecule has 1 aromatic carbocycles. The second kappa shape index (κ2) is 8.76. The van der Waals surface area contributed by atoms with Crippen molar-refractivity contribution in [3.63, 3.8) is 0 Å². The monoisotopic (exact) mass is 466 g/mol. The minimum atomic E-state index is -0.409. The topological polar surface area (TPSA) is 96.0 Å². The van der Waals surface area contributed by atoms with Crippen molar-refractivity contribution < 1.29 is 13.9 Å². The van der Waals surface area contributed by atoms with E-state index in [1.165, 1.54) is 19.2 Å². The summed E-state index contributed by atoms with van der Waals surface area (Å²) >= 11 is 6.08. The molecule has 0 saturated carbocycles. The van der Waals surface area contributed by atoms with Crippen molar-refractivity contribution in [3.8, 4) is 22.5 Å². The van der Waals surface area contributed by atoms with Crippen molar-refractivity contribution in [1.29, 1.82) is 0 Å². The molecule has 0 radical (unpaired) electrons. The summed E-state index contributed by atoms with van der Waals surface area (Å²) in [5.74, 6) is -0.705. The zero-order valence-corrected chi connectivity index (χ0v) is 18.4. The number of aromatic nitrogens is 4. The van der Waals surface area contributed by atoms with Gasteiger partial charge >= 0.3 is 5.97 Å². The van der Waals surface area contributed by atoms with Gasteiger partial charge in [0.25, 0.3) is 0 Å². The normalized spacial score (nSPS) is 16.2. The fourth-order valence-electron chi connectivity index (χ4n) is 3.98. The Labute approximate surface area is 193 Å². The molecule has 0 bridgehead atoms. The van der Waals surface area contributed by atoms with Crippen molar-refractivity contribution in [2.45, 2.75) is 6.04 Å². The van der Waals surface area contributed by atoms with E-state index in [1.807, 2.05) is 18.2 Å². The zero-order chi connectivity index (χ0) is 22.9. The highest BCUT2D eigenvalue weighted by atomic mass is 35.5. The number of halogens is 2. The van der Waals surface area contributed by atoms with Gasteiger partial charge in [-0.3, -0.25) is 14.9 Å². The average Bonchev–Trinajstić information content (AvgIpc) is 3.34. The summed E-state index contributed by atoms with van der Waals surface area (Å²) in [6.45, 7) is 1.84. The van der Waals surface area contributed by atoms with Crippen LogP contribution in [0.3, 0.4) is 0 Å². The van der Waals surface area contributed by atoms with E-state index in [2.05, 4.69) is 25.4 Å². The first kappa shape index (κ1) is 21.3. The van der Waals surface area contributed by atoms with Crippen LogP contribution in [-0.4, -0.2) is 58.9 Å². The van der Waals surface area contributed by atoms with Crippen LogP contribution in [0.2, 0.25) is 5.02 Å². The molecule has 1 atom stereocenters. The number of hydrogen-bond donors (Lipinski definition) is 2. The quantitative estimate of drug-likeness (QED) is 0.445. The second-order valence-electron chi connectivity index (χ2n) is 7.69. The Bertz CT molecular complexity index is 1340. The summed E-state index contributed by atoms with van der Waals surface area (Å²) in [5, 5.41) is 10.5. The van der Waals surface area contributed by atoms with Gasteiger partial charge in [0, 0.05) is 35.8 Å². The Kier molecular flexibility index (Phi) is 5.65. The highest BCUT2D eigenvalue weighted by Crippen LogP contribution is 2.33. The van der Waals surface area contributed by atoms with E-state index in [4.69, 9.17) is 21.3 Å². The van der Waals surface area contributed by atoms with Crippen LogP contribution in [-0.2, 0) is 9.53 Å². The number of esters is 1. The number of piperazine rings is 1. The molecule has 0 aliphatic carbocycles. The maximum atomic E-state index is 14.5. The van der Waals surface area contributed by atoms with Crippen molar-refractivity contribution in [2.24, 2.45) is 0 Å². The lowest BCUT2D eigenvalue weighted by Gasteiger charge is -2.33. The standard InChI is InChI=1S/C23H20ClFN6O2/c1-33-23(32)21-12-31(7-6-26-21)14-9-20-19(27-10-14)5-4-18(29-20)16-11-28-30-22(16)15-8-13(24)2-3-17(15)25/h2-5,8-11,21,26H,6-7,12H2,1H3,(H,28,30)/t21-/m1/s1. The van der Waals surface area contributed by atoms with Gasteiger partial charge in [0.1, 0.15) is 11.9 Å². The van der Waals surface area contributed by atoms with E-state index in [1.54, 1.807) is 18.5 Å². The minimum absolute atomic E-state index is 0.297. The molecule has 0 amide bonds. The first-order chi connectivity index (χ1) is 16.0. The number of fused-ring (bicyclic) bond motifs is 1. The van der Waals surface area contributed by atoms with Crippen LogP contribution in [0.1, 0.15) is 0 Å². The second-order valence-corrected chi connectivity index (χ2v) is 8.12. The number of ether oxygens (including phenoxy) is 1. The lowest BCUT2D eigenvalue weighted by Crippen LogP contribution is -2.54. The van der Waals surface area contributed by atoms with Crippen LogP contribution in [0.25, 0.3) is 33.5 Å². The van der Waals surface area contributed by atoms with Crippen molar-refractivity contribution in [3.05, 3.63) is 59.6 Å². The predicted molar refractivity (Wildman–Crippen MR) is 124 cm³/mol. The van der Waals surface area contributed by atoms with E-state index in [0.717, 1.165) is 17.7 Å². The van der Waals surface area contributed by atoms with Gasteiger partial charge in [-0.05, 0) is 36.4 Å². The Morgan fingerprint density at radius 1 is 1.18 bits per heavy atom. The largest absolute Gasteiger partial charge is 0.468 e. The van der Waals surface area contributed by atoms with Gasteiger partial charge in [-0.25, -0.2) is 9.37 Å². The smallest absolute Gasteiger partial charge is 0.324 e. The summed E-state index contributed by atoms with van der Waals surface area (Å²) in [6.07, 6.45) is 3.38. The van der Waals surface area contributed by atoms with Crippen molar-refractivity contribution in [1.82, 2.24) is 25.5 Å². The molecular weight excluding hydrogens is 447 g/mol. The van der Waals surface area contributed by atoms with Crippen LogP contribution in [0.4, 0.5) is 10.1 Å². The van der Waals surface area contributed by atoms with E-state index in [-0.39, 0.29) is 5.97 Å². The molecule has 5 rings (SSSR count). The van der Waals surface area contributed by atoms with Gasteiger partial charge in [-0.1, -0.05) is 11.6 Å². The third kappa shape index (κ3) is 4.12. The van der Waals surface area contributed by atoms with Crippen LogP contribution < -0.4 is 10.2 Å². The van der Waals surface area contributed by atoms with E-state index < -0.39 is 11.9 Å². The summed E-state index contributed by atoms with van der Waals surface area (Å²) < 4.78 is 19.3. The van der Waals surface area contributed by atoms with Gasteiger partial charge in [0.15, 0.2) is 0 Å². The number of H-pyrrole nitrogens is 1. The molecule has 2 N–H and O–H groups in total. The number of carbonyl (C=O) groups is 1. The molecule has 3 aromatic heterocycles. The first-order valence-corrected chi connectivity index (χ1v) is 10.7. The molecule has 4 heterocycles. The summed E-state index contributed by atoms with van der Waals surface area (Å²) in [7, 11) is 1.38. The Morgan fingerprint density at radius 2 is 2.06 bits per heavy atom. The lowest BCUT2D eigenvalue weighted by atomic mass is 10.0. The van der Waals surface area contributed by atoms with Gasteiger partial charge in [0.2, 0.25) is 0 Å². The fraction of sp³-hybridized carbons (Fsp3) is 0.217. The zero-order valence-electron chi connectivity index (χ0n) is 17.7. The molecule has 168 valence electrons. The van der Waals surface area contributed by atoms with E-state index in [0.29, 0.717) is 46.1 Å². The molecular formula is C23H20ClFN6O2. The summed E-state index contributed by atoms with van der Waals surface area (Å²) in [6, 6.07) is 9.59. The Balaban J connectivity index is 1.50. The molecule has 4 aromatic rings. The number of carbonyl (C=O) groups excluding carboxylic acids is 1. The van der Waals surface area contributed by atoms with E-state index >= 15 is 0 Å². The predicted octanol–water partition coefficient (Wildman–Crippen LogP) is 3.43. The molecule has 1 fully saturated rings. The molecule has 33 heavy (non-hydrogen) atoms. The molecule has 0 unspecified atom stereocenters. The third-order valence-corrected chi connectivity index (χ3v) is 5.90. The number of anilines is 1. The maximum absolute atomic E-state index is 14.5. The molecule has 1 aliphatic heterocycles. The first-order valence-electron chi connectivity index (χ1n) is 10.4. The third-order valence-electron chi connectivity index (χ3n) is 5.66. The molecule has 1 saturated heterocycles. The fourth-order valence-corrected chi connectivity index (χ4v) is 4.15. The Morgan fingerprint density at radius 3 is 2.91 bits per heavy atom. The highest BCUT2D eigenvalue weighted by molar-refractivity contribution is 6.30. The number of nitrogens with one attached hydrogen (secondary N) is 2. The maximum Gasteiger partial charge on any atom is 0.324 e. The average molecular weight is 467 g/mol. The molecule has 1 aliphatic rings. The van der Waals surface area contributed by atoms with Crippen molar-refractivity contribution in [2.75, 3.05) is 31.6 Å². The van der Waals surface area contributed by atoms with Crippen LogP contribution in [0.5, 0.6) is 0 Å². The molecule has 8 nitrogen and oxygen atoms in total. The molecule has 10 heteroatoms. The van der Waals surface area contributed by atoms with Crippen LogP contribution >= 0.6 is 11.6 Å². The Hall–Kier alpha value is -3.56. The number of nitrogens with zero attached hydrogens (tertiary/aromatic N) is 4. The van der Waals surface area contributed by atoms with Gasteiger partial charge < -0.3 is 15.0 Å². The SMILES string of the molecule is COC(=O)[C@H]1CN(c2cnc3ccc(-c4cn[nH]c4-c4cc(Cl)ccc4F)nc3c2)CCN1. The van der Waals surface area contributed by atoms with Crippen LogP contribution in [0.15, 0.2) is 48.8 Å². The number of pyridine rings is 2. The number of methoxy groups -OCH3 is 1. The van der Waals surface area contributed by atoms with E-state index in [9.17, 15) is 9.18 Å². The van der Waals surface area contributed by atoms with Gasteiger partial charge in [-0.15, -0.1) is 0 Å². The van der Waals surface area contributed by atoms with Gasteiger partial charge in [0.05, 0.1) is 47.6 Å². The number of benzene rings is 1. The van der Waals surface area contributed by atoms with Crippen LogP contribution in [0, 0.1) is 5.82 Å². The summed E-state index contributed by atoms with van der Waals surface area (Å²) in [5.41, 5.74) is 4.34. The number of aromatic amines is 1. The number of rotatable bonds is 4. The number of hydrogen-bond acceptors (Lipinski definition) is 7. The molecule has 0 spiro atoms. The summed E-state index contributed by atoms with van der Waals surface area (Å²) in [4.78, 5) is 23.3.